The first kappa shape index (κ1) is 24.5. The Morgan fingerprint density at radius 2 is 1.84 bits per heavy atom. The minimum absolute atomic E-state index is 0.309. The van der Waals surface area contributed by atoms with Crippen molar-refractivity contribution in [2.75, 3.05) is 18.2 Å². The number of hydrogen-bond acceptors (Lipinski definition) is 6. The van der Waals surface area contributed by atoms with E-state index in [1.165, 1.54) is 6.20 Å². The second kappa shape index (κ2) is 10.5. The third kappa shape index (κ3) is 5.35. The van der Waals surface area contributed by atoms with Crippen molar-refractivity contribution in [2.45, 2.75) is 6.54 Å². The van der Waals surface area contributed by atoms with Crippen molar-refractivity contribution in [3.8, 4) is 22.8 Å². The van der Waals surface area contributed by atoms with E-state index < -0.39 is 0 Å². The molecule has 0 saturated heterocycles. The summed E-state index contributed by atoms with van der Waals surface area (Å²) in [6, 6.07) is 18.1. The number of aromatic nitrogens is 4. The zero-order valence-electron chi connectivity index (χ0n) is 19.6. The van der Waals surface area contributed by atoms with E-state index in [1.54, 1.807) is 43.6 Å². The Labute approximate surface area is 225 Å². The number of urea groups is 1. The normalized spacial score (nSPS) is 10.9. The SMILES string of the molecule is COc1ccc(NC(=O)NCc2ccc(-n3c(-c4cc(Cl)cnc4N)nc4cc(Br)cnc43)cc2)cc1. The number of pyridine rings is 2. The average Bonchev–Trinajstić information content (AvgIpc) is 3.28. The number of imidazole rings is 1. The van der Waals surface area contributed by atoms with Gasteiger partial charge in [-0.25, -0.2) is 19.7 Å². The molecule has 0 spiro atoms. The molecule has 3 heterocycles. The first-order valence-electron chi connectivity index (χ1n) is 11.1. The standard InChI is InChI=1S/C26H21BrClN7O2/c1-37-20-8-4-18(5-9-20)33-26(36)32-12-15-2-6-19(7-3-15)35-24(21-11-17(28)14-30-23(21)29)34-22-10-16(27)13-31-25(22)35/h2-11,13-14H,12H2,1H3,(H2,29,30)(H2,32,33,36). The first-order chi connectivity index (χ1) is 17.9. The van der Waals surface area contributed by atoms with Crippen molar-refractivity contribution in [3.05, 3.63) is 88.1 Å². The number of anilines is 2. The molecule has 2 amide bonds. The number of fused-ring (bicyclic) bond motifs is 1. The number of ether oxygens (including phenoxy) is 1. The van der Waals surface area contributed by atoms with Crippen molar-refractivity contribution >= 4 is 56.2 Å². The largest absolute Gasteiger partial charge is 0.497 e. The average molecular weight is 579 g/mol. The molecule has 37 heavy (non-hydrogen) atoms. The highest BCUT2D eigenvalue weighted by atomic mass is 79.9. The predicted octanol–water partition coefficient (Wildman–Crippen LogP) is 5.81. The number of nitrogens with two attached hydrogens (primary N) is 1. The van der Waals surface area contributed by atoms with Crippen LogP contribution in [-0.4, -0.2) is 32.7 Å². The fourth-order valence-electron chi connectivity index (χ4n) is 3.79. The summed E-state index contributed by atoms with van der Waals surface area (Å²) in [6.07, 6.45) is 3.21. The number of carbonyl (C=O) groups excluding carboxylic acids is 1. The van der Waals surface area contributed by atoms with E-state index in [0.29, 0.717) is 45.6 Å². The Hall–Kier alpha value is -4.15. The van der Waals surface area contributed by atoms with Crippen molar-refractivity contribution in [1.29, 1.82) is 0 Å². The van der Waals surface area contributed by atoms with Gasteiger partial charge in [0.1, 0.15) is 17.1 Å². The van der Waals surface area contributed by atoms with E-state index in [1.807, 2.05) is 34.9 Å². The minimum atomic E-state index is -0.309. The lowest BCUT2D eigenvalue weighted by Gasteiger charge is -2.12. The quantitative estimate of drug-likeness (QED) is 0.234. The smallest absolute Gasteiger partial charge is 0.319 e. The lowest BCUT2D eigenvalue weighted by molar-refractivity contribution is 0.251. The molecular weight excluding hydrogens is 558 g/mol. The number of nitrogen functional groups attached to an aromatic ring is 1. The summed E-state index contributed by atoms with van der Waals surface area (Å²) in [7, 11) is 1.59. The number of halogens is 2. The molecule has 0 aliphatic carbocycles. The van der Waals surface area contributed by atoms with Crippen LogP contribution in [0.2, 0.25) is 5.02 Å². The summed E-state index contributed by atoms with van der Waals surface area (Å²) in [5.74, 6) is 1.60. The maximum absolute atomic E-state index is 12.3. The molecular formula is C26H21BrClN7O2. The number of amides is 2. The van der Waals surface area contributed by atoms with Crippen molar-refractivity contribution in [3.63, 3.8) is 0 Å². The molecule has 0 aliphatic rings. The molecule has 0 atom stereocenters. The van der Waals surface area contributed by atoms with Crippen molar-refractivity contribution in [1.82, 2.24) is 24.8 Å². The Kier molecular flexibility index (Phi) is 6.93. The summed E-state index contributed by atoms with van der Waals surface area (Å²) in [5, 5.41) is 6.11. The van der Waals surface area contributed by atoms with Gasteiger partial charge in [0.05, 0.1) is 17.7 Å². The highest BCUT2D eigenvalue weighted by Crippen LogP contribution is 2.32. The minimum Gasteiger partial charge on any atom is -0.497 e. The number of carbonyl (C=O) groups is 1. The molecule has 0 fully saturated rings. The van der Waals surface area contributed by atoms with Crippen LogP contribution in [-0.2, 0) is 6.54 Å². The van der Waals surface area contributed by atoms with Gasteiger partial charge < -0.3 is 21.1 Å². The number of benzene rings is 2. The number of nitrogens with zero attached hydrogens (tertiary/aromatic N) is 4. The molecule has 5 rings (SSSR count). The van der Waals surface area contributed by atoms with Gasteiger partial charge in [-0.1, -0.05) is 23.7 Å². The van der Waals surface area contributed by atoms with E-state index >= 15 is 0 Å². The lowest BCUT2D eigenvalue weighted by Crippen LogP contribution is -2.28. The van der Waals surface area contributed by atoms with E-state index in [-0.39, 0.29) is 6.03 Å². The monoisotopic (exact) mass is 577 g/mol. The molecule has 2 aromatic carbocycles. The van der Waals surface area contributed by atoms with Crippen LogP contribution in [0.3, 0.4) is 0 Å². The predicted molar refractivity (Wildman–Crippen MR) is 148 cm³/mol. The second-order valence-corrected chi connectivity index (χ2v) is 9.41. The molecule has 0 radical (unpaired) electrons. The second-order valence-electron chi connectivity index (χ2n) is 8.06. The van der Waals surface area contributed by atoms with Gasteiger partial charge in [0.15, 0.2) is 11.5 Å². The van der Waals surface area contributed by atoms with Gasteiger partial charge >= 0.3 is 6.03 Å². The number of rotatable bonds is 6. The highest BCUT2D eigenvalue weighted by Gasteiger charge is 2.19. The highest BCUT2D eigenvalue weighted by molar-refractivity contribution is 9.10. The summed E-state index contributed by atoms with van der Waals surface area (Å²) < 4.78 is 7.84. The zero-order chi connectivity index (χ0) is 25.9. The van der Waals surface area contributed by atoms with Gasteiger partial charge in [0.25, 0.3) is 0 Å². The Morgan fingerprint density at radius 1 is 1.08 bits per heavy atom. The van der Waals surface area contributed by atoms with Crippen LogP contribution in [0.5, 0.6) is 5.75 Å². The van der Waals surface area contributed by atoms with Crippen LogP contribution in [0.1, 0.15) is 5.56 Å². The molecule has 0 aliphatic heterocycles. The lowest BCUT2D eigenvalue weighted by atomic mass is 10.2. The maximum Gasteiger partial charge on any atom is 0.319 e. The summed E-state index contributed by atoms with van der Waals surface area (Å²) >= 11 is 9.67. The zero-order valence-corrected chi connectivity index (χ0v) is 21.9. The van der Waals surface area contributed by atoms with Gasteiger partial charge in [0.2, 0.25) is 0 Å². The van der Waals surface area contributed by atoms with Crippen molar-refractivity contribution < 1.29 is 9.53 Å². The number of nitrogens with one attached hydrogen (secondary N) is 2. The Bertz CT molecular complexity index is 1590. The Morgan fingerprint density at radius 3 is 2.57 bits per heavy atom. The molecule has 186 valence electrons. The summed E-state index contributed by atoms with van der Waals surface area (Å²) in [4.78, 5) is 25.9. The van der Waals surface area contributed by atoms with Crippen molar-refractivity contribution in [2.24, 2.45) is 0 Å². The fraction of sp³-hybridized carbons (Fsp3) is 0.0769. The van der Waals surface area contributed by atoms with E-state index in [4.69, 9.17) is 27.1 Å². The van der Waals surface area contributed by atoms with Crippen LogP contribution in [0.25, 0.3) is 28.2 Å². The van der Waals surface area contributed by atoms with Crippen LogP contribution < -0.4 is 21.1 Å². The van der Waals surface area contributed by atoms with Gasteiger partial charge in [-0.2, -0.15) is 0 Å². The van der Waals surface area contributed by atoms with Gasteiger partial charge in [0, 0.05) is 34.8 Å². The molecule has 11 heteroatoms. The van der Waals surface area contributed by atoms with Gasteiger partial charge in [-0.05, 0) is 70.0 Å². The first-order valence-corrected chi connectivity index (χ1v) is 12.3. The fourth-order valence-corrected chi connectivity index (χ4v) is 4.27. The molecule has 3 aromatic heterocycles. The summed E-state index contributed by atoms with van der Waals surface area (Å²) in [5.41, 5.74) is 10.5. The van der Waals surface area contributed by atoms with Crippen LogP contribution in [0.15, 0.2) is 77.5 Å². The third-order valence-electron chi connectivity index (χ3n) is 5.59. The van der Waals surface area contributed by atoms with Crippen LogP contribution in [0, 0.1) is 0 Å². The Balaban J connectivity index is 1.39. The third-order valence-corrected chi connectivity index (χ3v) is 6.23. The van der Waals surface area contributed by atoms with E-state index in [2.05, 4.69) is 36.5 Å². The topological polar surface area (TPSA) is 120 Å². The molecule has 9 nitrogen and oxygen atoms in total. The van der Waals surface area contributed by atoms with E-state index in [0.717, 1.165) is 21.5 Å². The van der Waals surface area contributed by atoms with Gasteiger partial charge in [-0.15, -0.1) is 0 Å². The number of methoxy groups -OCH3 is 1. The molecule has 0 bridgehead atoms. The molecule has 0 saturated carbocycles. The van der Waals surface area contributed by atoms with Crippen LogP contribution >= 0.6 is 27.5 Å². The molecule has 4 N–H and O–H groups in total. The van der Waals surface area contributed by atoms with Gasteiger partial charge in [-0.3, -0.25) is 4.57 Å². The maximum atomic E-state index is 12.3. The summed E-state index contributed by atoms with van der Waals surface area (Å²) in [6.45, 7) is 0.343. The number of hydrogen-bond donors (Lipinski definition) is 3. The van der Waals surface area contributed by atoms with E-state index in [9.17, 15) is 4.79 Å². The van der Waals surface area contributed by atoms with Crippen LogP contribution in [0.4, 0.5) is 16.3 Å². The molecule has 5 aromatic rings. The molecule has 0 unspecified atom stereocenters.